The third-order valence-corrected chi connectivity index (χ3v) is 14.7. The molecule has 0 aliphatic heterocycles. The van der Waals surface area contributed by atoms with Crippen LogP contribution in [0.4, 0.5) is 5.69 Å². The van der Waals surface area contributed by atoms with Gasteiger partial charge in [-0.25, -0.2) is 5.01 Å². The third kappa shape index (κ3) is 5.57. The summed E-state index contributed by atoms with van der Waals surface area (Å²) < 4.78 is 13.2. The predicted octanol–water partition coefficient (Wildman–Crippen LogP) is 6.96. The zero-order valence-corrected chi connectivity index (χ0v) is 21.1. The van der Waals surface area contributed by atoms with Crippen LogP contribution in [-0.2, 0) is 0 Å². The molecule has 0 aliphatic carbocycles. The zero-order chi connectivity index (χ0) is 21.3. The highest BCUT2D eigenvalue weighted by molar-refractivity contribution is 6.75. The second-order valence-electron chi connectivity index (χ2n) is 10.2. The van der Waals surface area contributed by atoms with E-state index >= 15 is 0 Å². The van der Waals surface area contributed by atoms with E-state index < -0.39 is 16.6 Å². The molecule has 0 heterocycles. The second kappa shape index (κ2) is 7.95. The number of benzene rings is 1. The summed E-state index contributed by atoms with van der Waals surface area (Å²) in [5.74, 6) is 1.48. The smallest absolute Gasteiger partial charge is 0.250 e. The maximum Gasteiger partial charge on any atom is 0.250 e. The van der Waals surface area contributed by atoms with Crippen LogP contribution >= 0.6 is 0 Å². The summed E-state index contributed by atoms with van der Waals surface area (Å²) in [6, 6.07) is 5.70. The molecule has 0 bridgehead atoms. The quantitative estimate of drug-likeness (QED) is 0.277. The lowest BCUT2D eigenvalue weighted by atomic mass is 10.2. The van der Waals surface area contributed by atoms with Gasteiger partial charge in [0.1, 0.15) is 11.5 Å². The molecule has 154 valence electrons. The SMILES string of the molecule is CCN(N=O)c1ccc(O[Si](C)(C)C(C)(C)C)c(O[Si](C)(C)C(C)(C)C)c1. The van der Waals surface area contributed by atoms with Crippen LogP contribution in [0.15, 0.2) is 23.5 Å². The van der Waals surface area contributed by atoms with Gasteiger partial charge in [-0.05, 0) is 55.3 Å². The van der Waals surface area contributed by atoms with E-state index in [1.165, 1.54) is 5.01 Å². The fourth-order valence-electron chi connectivity index (χ4n) is 1.96. The van der Waals surface area contributed by atoms with Crippen LogP contribution in [0.3, 0.4) is 0 Å². The van der Waals surface area contributed by atoms with E-state index in [1.54, 1.807) is 0 Å². The first-order valence-corrected chi connectivity index (χ1v) is 15.5. The number of rotatable bonds is 7. The maximum atomic E-state index is 11.2. The number of nitrogens with zero attached hydrogens (tertiary/aromatic N) is 2. The highest BCUT2D eigenvalue weighted by Gasteiger charge is 2.42. The summed E-state index contributed by atoms with van der Waals surface area (Å²) in [7, 11) is -4.09. The molecule has 0 unspecified atom stereocenters. The van der Waals surface area contributed by atoms with E-state index in [9.17, 15) is 4.91 Å². The van der Waals surface area contributed by atoms with Crippen LogP contribution in [0.1, 0.15) is 48.5 Å². The Morgan fingerprint density at radius 3 is 1.70 bits per heavy atom. The topological polar surface area (TPSA) is 51.1 Å². The Labute approximate surface area is 167 Å². The lowest BCUT2D eigenvalue weighted by Gasteiger charge is -2.40. The minimum Gasteiger partial charge on any atom is -0.541 e. The van der Waals surface area contributed by atoms with Gasteiger partial charge in [0, 0.05) is 12.6 Å². The number of anilines is 1. The van der Waals surface area contributed by atoms with Gasteiger partial charge in [0.2, 0.25) is 0 Å². The van der Waals surface area contributed by atoms with Gasteiger partial charge in [-0.2, -0.15) is 0 Å². The standard InChI is InChI=1S/C20H38N2O3Si2/c1-12-22(21-23)16-13-14-17(24-26(8,9)19(2,3)4)18(15-16)25-27(10,11)20(5,6)7/h13-15H,12H2,1-11H3. The predicted molar refractivity (Wildman–Crippen MR) is 121 cm³/mol. The van der Waals surface area contributed by atoms with Crippen molar-refractivity contribution in [2.45, 2.75) is 84.7 Å². The summed E-state index contributed by atoms with van der Waals surface area (Å²) in [6.07, 6.45) is 0. The molecule has 27 heavy (non-hydrogen) atoms. The molecule has 0 spiro atoms. The Morgan fingerprint density at radius 2 is 1.33 bits per heavy atom. The van der Waals surface area contributed by atoms with Crippen molar-refractivity contribution in [2.24, 2.45) is 5.29 Å². The Kier molecular flexibility index (Phi) is 6.98. The molecule has 5 nitrogen and oxygen atoms in total. The van der Waals surface area contributed by atoms with Crippen molar-refractivity contribution >= 4 is 22.3 Å². The zero-order valence-electron chi connectivity index (χ0n) is 19.1. The van der Waals surface area contributed by atoms with E-state index in [4.69, 9.17) is 8.85 Å². The van der Waals surface area contributed by atoms with Crippen molar-refractivity contribution < 1.29 is 8.85 Å². The van der Waals surface area contributed by atoms with Crippen molar-refractivity contribution in [2.75, 3.05) is 11.6 Å². The molecular formula is C20H38N2O3Si2. The molecule has 0 aliphatic rings. The molecule has 1 aromatic rings. The summed E-state index contributed by atoms with van der Waals surface area (Å²) in [4.78, 5) is 11.2. The van der Waals surface area contributed by atoms with Crippen LogP contribution in [0.2, 0.25) is 36.3 Å². The molecule has 0 saturated heterocycles. The van der Waals surface area contributed by atoms with Crippen molar-refractivity contribution in [3.8, 4) is 11.5 Å². The van der Waals surface area contributed by atoms with E-state index in [1.807, 2.05) is 25.1 Å². The molecule has 0 atom stereocenters. The van der Waals surface area contributed by atoms with Crippen molar-refractivity contribution in [3.05, 3.63) is 23.1 Å². The van der Waals surface area contributed by atoms with Gasteiger partial charge in [-0.3, -0.25) is 0 Å². The first-order chi connectivity index (χ1) is 12.1. The average molecular weight is 411 g/mol. The van der Waals surface area contributed by atoms with Gasteiger partial charge in [0.05, 0.1) is 11.0 Å². The monoisotopic (exact) mass is 410 g/mol. The van der Waals surface area contributed by atoms with Crippen LogP contribution in [0.25, 0.3) is 0 Å². The number of hydrogen-bond acceptors (Lipinski definition) is 4. The van der Waals surface area contributed by atoms with Crippen molar-refractivity contribution in [3.63, 3.8) is 0 Å². The van der Waals surface area contributed by atoms with Gasteiger partial charge in [0.15, 0.2) is 0 Å². The van der Waals surface area contributed by atoms with Crippen LogP contribution in [0, 0.1) is 4.91 Å². The van der Waals surface area contributed by atoms with Gasteiger partial charge < -0.3 is 8.85 Å². The van der Waals surface area contributed by atoms with Gasteiger partial charge in [-0.15, -0.1) is 4.91 Å². The first kappa shape index (κ1) is 23.7. The van der Waals surface area contributed by atoms with Gasteiger partial charge in [0.25, 0.3) is 16.6 Å². The average Bonchev–Trinajstić information content (AvgIpc) is 2.48. The molecule has 0 radical (unpaired) electrons. The minimum absolute atomic E-state index is 0.0601. The Balaban J connectivity index is 3.44. The lowest BCUT2D eigenvalue weighted by molar-refractivity contribution is 0.440. The summed E-state index contributed by atoms with van der Waals surface area (Å²) in [6.45, 7) is 24.6. The highest BCUT2D eigenvalue weighted by Crippen LogP contribution is 2.44. The third-order valence-electron chi connectivity index (χ3n) is 5.97. The van der Waals surface area contributed by atoms with Crippen LogP contribution in [0.5, 0.6) is 11.5 Å². The van der Waals surface area contributed by atoms with E-state index in [0.29, 0.717) is 12.3 Å². The second-order valence-corrected chi connectivity index (χ2v) is 19.6. The molecule has 0 aromatic heterocycles. The largest absolute Gasteiger partial charge is 0.541 e. The van der Waals surface area contributed by atoms with Crippen LogP contribution < -0.4 is 13.9 Å². The van der Waals surface area contributed by atoms with Crippen molar-refractivity contribution in [1.82, 2.24) is 0 Å². The lowest BCUT2D eigenvalue weighted by Crippen LogP contribution is -2.45. The van der Waals surface area contributed by atoms with Crippen molar-refractivity contribution in [1.29, 1.82) is 0 Å². The maximum absolute atomic E-state index is 11.2. The summed E-state index contributed by atoms with van der Waals surface area (Å²) in [5.41, 5.74) is 0.726. The van der Waals surface area contributed by atoms with Gasteiger partial charge in [-0.1, -0.05) is 41.5 Å². The number of nitroso groups, excluding NO2 is 1. The van der Waals surface area contributed by atoms with E-state index in [0.717, 1.165) is 11.4 Å². The molecule has 1 aromatic carbocycles. The molecule has 0 N–H and O–H groups in total. The fourth-order valence-corrected chi connectivity index (χ4v) is 4.00. The summed E-state index contributed by atoms with van der Waals surface area (Å²) in [5, 5.41) is 4.68. The highest BCUT2D eigenvalue weighted by atomic mass is 28.4. The van der Waals surface area contributed by atoms with Gasteiger partial charge >= 0.3 is 0 Å². The Bertz CT molecular complexity index is 662. The summed E-state index contributed by atoms with van der Waals surface area (Å²) >= 11 is 0. The molecule has 7 heteroatoms. The number of hydrogen-bond donors (Lipinski definition) is 0. The molecule has 0 fully saturated rings. The molecule has 1 rings (SSSR count). The minimum atomic E-state index is -2.07. The Morgan fingerprint density at radius 1 is 0.889 bits per heavy atom. The first-order valence-electron chi connectivity index (χ1n) is 9.68. The van der Waals surface area contributed by atoms with E-state index in [-0.39, 0.29) is 10.1 Å². The fraction of sp³-hybridized carbons (Fsp3) is 0.700. The molecular weight excluding hydrogens is 372 g/mol. The van der Waals surface area contributed by atoms with E-state index in [2.05, 4.69) is 73.0 Å². The molecule has 0 amide bonds. The normalized spacial score (nSPS) is 13.3. The molecule has 0 saturated carbocycles. The Hall–Kier alpha value is -1.35. The van der Waals surface area contributed by atoms with Crippen LogP contribution in [-0.4, -0.2) is 23.2 Å².